The van der Waals surface area contributed by atoms with Crippen LogP contribution in [0.4, 0.5) is 10.5 Å². The Hall–Kier alpha value is -2.53. The Morgan fingerprint density at radius 1 is 1.19 bits per heavy atom. The van der Waals surface area contributed by atoms with Crippen LogP contribution in [0.1, 0.15) is 5.01 Å². The monoisotopic (exact) mass is 406 g/mol. The number of nitrogens with zero attached hydrogens (tertiary/aromatic N) is 2. The van der Waals surface area contributed by atoms with Crippen LogP contribution in [0.5, 0.6) is 0 Å². The van der Waals surface area contributed by atoms with Crippen LogP contribution in [-0.4, -0.2) is 38.1 Å². The molecule has 0 spiro atoms. The van der Waals surface area contributed by atoms with Crippen LogP contribution in [0, 0.1) is 0 Å². The molecule has 27 heavy (non-hydrogen) atoms. The molecule has 0 fully saturated rings. The molecule has 10 heteroatoms. The lowest BCUT2D eigenvalue weighted by Crippen LogP contribution is -2.28. The molecule has 0 aliphatic rings. The van der Waals surface area contributed by atoms with Crippen molar-refractivity contribution in [2.45, 2.75) is 11.4 Å². The molecule has 0 aliphatic carbocycles. The molecule has 3 rings (SSSR count). The molecular weight excluding hydrogens is 388 g/mol. The largest absolute Gasteiger partial charge is 0.331 e. The van der Waals surface area contributed by atoms with Crippen molar-refractivity contribution in [2.24, 2.45) is 0 Å². The molecule has 0 aliphatic heterocycles. The lowest BCUT2D eigenvalue weighted by molar-refractivity contribution is -0.0258. The Morgan fingerprint density at radius 3 is 2.56 bits per heavy atom. The predicted octanol–water partition coefficient (Wildman–Crippen LogP) is 2.80. The minimum Gasteiger partial charge on any atom is -0.331 e. The summed E-state index contributed by atoms with van der Waals surface area (Å²) in [4.78, 5) is 21.3. The van der Waals surface area contributed by atoms with Crippen LogP contribution in [-0.2, 0) is 21.4 Å². The number of nitrogens with one attached hydrogen (secondary N) is 2. The lowest BCUT2D eigenvalue weighted by atomic mass is 10.3. The van der Waals surface area contributed by atoms with Gasteiger partial charge in [0, 0.05) is 12.7 Å². The molecule has 142 valence electrons. The number of aromatic nitrogens is 1. The van der Waals surface area contributed by atoms with Gasteiger partial charge in [-0.2, -0.15) is 0 Å². The van der Waals surface area contributed by atoms with Crippen LogP contribution in [0.25, 0.3) is 10.2 Å². The first-order chi connectivity index (χ1) is 12.9. The van der Waals surface area contributed by atoms with Gasteiger partial charge in [-0.15, -0.1) is 11.3 Å². The molecule has 0 saturated heterocycles. The summed E-state index contributed by atoms with van der Waals surface area (Å²) in [5, 5.41) is 6.19. The van der Waals surface area contributed by atoms with Crippen molar-refractivity contribution < 1.29 is 18.0 Å². The van der Waals surface area contributed by atoms with Crippen LogP contribution >= 0.6 is 11.3 Å². The van der Waals surface area contributed by atoms with Crippen molar-refractivity contribution in [1.29, 1.82) is 0 Å². The molecule has 8 nitrogen and oxygen atoms in total. The van der Waals surface area contributed by atoms with Gasteiger partial charge in [-0.1, -0.05) is 16.6 Å². The van der Waals surface area contributed by atoms with Gasteiger partial charge in [0.1, 0.15) is 5.01 Å². The average Bonchev–Trinajstić information content (AvgIpc) is 3.09. The second kappa shape index (κ2) is 8.01. The number of rotatable bonds is 6. The van der Waals surface area contributed by atoms with E-state index < -0.39 is 16.1 Å². The highest BCUT2D eigenvalue weighted by molar-refractivity contribution is 7.89. The number of sulfonamides is 1. The summed E-state index contributed by atoms with van der Waals surface area (Å²) < 4.78 is 26.1. The van der Waals surface area contributed by atoms with Gasteiger partial charge in [-0.3, -0.25) is 4.84 Å². The fraction of sp³-hybridized carbons (Fsp3) is 0.176. The first-order valence-electron chi connectivity index (χ1n) is 7.92. The molecule has 3 aromatic rings. The second-order valence-electron chi connectivity index (χ2n) is 5.50. The van der Waals surface area contributed by atoms with E-state index in [2.05, 4.69) is 15.6 Å². The summed E-state index contributed by atoms with van der Waals surface area (Å²) in [6.07, 6.45) is 0. The number of thiazole rings is 1. The van der Waals surface area contributed by atoms with Crippen LogP contribution in [0.3, 0.4) is 0 Å². The van der Waals surface area contributed by atoms with Crippen LogP contribution in [0.15, 0.2) is 53.4 Å². The third-order valence-corrected chi connectivity index (χ3v) is 6.47. The number of urea groups is 1. The number of fused-ring (bicyclic) bond motifs is 1. The quantitative estimate of drug-likeness (QED) is 0.613. The molecule has 0 atom stereocenters. The van der Waals surface area contributed by atoms with E-state index in [4.69, 9.17) is 4.84 Å². The van der Waals surface area contributed by atoms with Crippen molar-refractivity contribution in [2.75, 3.05) is 19.5 Å². The molecule has 2 aromatic carbocycles. The third-order valence-electron chi connectivity index (χ3n) is 3.74. The first-order valence-corrected chi connectivity index (χ1v) is 10.2. The molecule has 2 N–H and O–H groups in total. The van der Waals surface area contributed by atoms with Gasteiger partial charge in [0.25, 0.3) is 10.0 Å². The van der Waals surface area contributed by atoms with Crippen LogP contribution < -0.4 is 10.6 Å². The minimum atomic E-state index is -3.72. The predicted molar refractivity (Wildman–Crippen MR) is 104 cm³/mol. The minimum absolute atomic E-state index is 0.0623. The number of hydrogen-bond acceptors (Lipinski definition) is 6. The topological polar surface area (TPSA) is 101 Å². The maximum atomic E-state index is 12.1. The normalized spacial score (nSPS) is 11.7. The van der Waals surface area contributed by atoms with E-state index in [1.807, 2.05) is 24.3 Å². The highest BCUT2D eigenvalue weighted by Crippen LogP contribution is 2.21. The van der Waals surface area contributed by atoms with Gasteiger partial charge < -0.3 is 10.6 Å². The van der Waals surface area contributed by atoms with E-state index >= 15 is 0 Å². The summed E-state index contributed by atoms with van der Waals surface area (Å²) >= 11 is 1.52. The number of carbonyl (C=O) groups is 1. The van der Waals surface area contributed by atoms with Gasteiger partial charge in [0.15, 0.2) is 0 Å². The number of amides is 2. The summed E-state index contributed by atoms with van der Waals surface area (Å²) in [6.45, 7) is 0.302. The Bertz CT molecular complexity index is 1020. The van der Waals surface area contributed by atoms with E-state index in [1.54, 1.807) is 0 Å². The van der Waals surface area contributed by atoms with Crippen LogP contribution in [0.2, 0.25) is 0 Å². The Balaban J connectivity index is 1.59. The molecule has 0 radical (unpaired) electrons. The van der Waals surface area contributed by atoms with Crippen molar-refractivity contribution >= 4 is 43.3 Å². The highest BCUT2D eigenvalue weighted by Gasteiger charge is 2.20. The number of anilines is 1. The summed E-state index contributed by atoms with van der Waals surface area (Å²) in [6, 6.07) is 13.2. The molecule has 1 aromatic heterocycles. The SMILES string of the molecule is CON(C)S(=O)(=O)c1ccc(NC(=O)NCc2nc3ccccc3s2)cc1. The van der Waals surface area contributed by atoms with E-state index in [1.165, 1.54) is 49.8 Å². The number of carbonyl (C=O) groups excluding carboxylic acids is 1. The molecule has 0 saturated carbocycles. The highest BCUT2D eigenvalue weighted by atomic mass is 32.2. The first kappa shape index (κ1) is 19.2. The Kier molecular flexibility index (Phi) is 5.71. The van der Waals surface area contributed by atoms with E-state index in [-0.39, 0.29) is 4.90 Å². The molecule has 2 amide bonds. The van der Waals surface area contributed by atoms with Crippen molar-refractivity contribution in [1.82, 2.24) is 14.8 Å². The molecule has 1 heterocycles. The maximum Gasteiger partial charge on any atom is 0.319 e. The smallest absolute Gasteiger partial charge is 0.319 e. The zero-order valence-corrected chi connectivity index (χ0v) is 16.3. The van der Waals surface area contributed by atoms with E-state index in [0.717, 1.165) is 19.7 Å². The van der Waals surface area contributed by atoms with Crippen molar-refractivity contribution in [3.63, 3.8) is 0 Å². The lowest BCUT2D eigenvalue weighted by Gasteiger charge is -2.14. The van der Waals surface area contributed by atoms with Gasteiger partial charge in [-0.25, -0.2) is 18.2 Å². The summed E-state index contributed by atoms with van der Waals surface area (Å²) in [5.74, 6) is 0. The van der Waals surface area contributed by atoms with Gasteiger partial charge >= 0.3 is 6.03 Å². The van der Waals surface area contributed by atoms with Gasteiger partial charge in [0.2, 0.25) is 0 Å². The van der Waals surface area contributed by atoms with Crippen molar-refractivity contribution in [3.05, 3.63) is 53.5 Å². The van der Waals surface area contributed by atoms with Gasteiger partial charge in [0.05, 0.1) is 28.8 Å². The fourth-order valence-corrected chi connectivity index (χ4v) is 4.16. The van der Waals surface area contributed by atoms with Gasteiger partial charge in [-0.05, 0) is 36.4 Å². The maximum absolute atomic E-state index is 12.1. The zero-order valence-electron chi connectivity index (χ0n) is 14.7. The molecule has 0 unspecified atom stereocenters. The fourth-order valence-electron chi connectivity index (χ4n) is 2.28. The van der Waals surface area contributed by atoms with Crippen molar-refractivity contribution in [3.8, 4) is 0 Å². The zero-order chi connectivity index (χ0) is 19.4. The summed E-state index contributed by atoms with van der Waals surface area (Å²) in [5.41, 5.74) is 1.37. The number of hydroxylamine groups is 1. The van der Waals surface area contributed by atoms with E-state index in [0.29, 0.717) is 12.2 Å². The van der Waals surface area contributed by atoms with E-state index in [9.17, 15) is 13.2 Å². The Labute approximate surface area is 160 Å². The number of para-hydroxylation sites is 1. The second-order valence-corrected chi connectivity index (χ2v) is 8.56. The summed E-state index contributed by atoms with van der Waals surface area (Å²) in [7, 11) is -1.15. The third kappa shape index (κ3) is 4.42. The number of hydrogen-bond donors (Lipinski definition) is 2. The number of benzene rings is 2. The standard InChI is InChI=1S/C17H18N4O4S2/c1-21(25-2)27(23,24)13-9-7-12(8-10-13)19-17(22)18-11-16-20-14-5-3-4-6-15(14)26-16/h3-10H,11H2,1-2H3,(H2,18,19,22). The molecule has 0 bridgehead atoms. The molecular formula is C17H18N4O4S2. The Morgan fingerprint density at radius 2 is 1.89 bits per heavy atom. The average molecular weight is 406 g/mol.